The molecule has 0 amide bonds. The van der Waals surface area contributed by atoms with Crippen LogP contribution in [0, 0.1) is 0 Å². The van der Waals surface area contributed by atoms with Crippen molar-refractivity contribution in [2.24, 2.45) is 4.99 Å². The van der Waals surface area contributed by atoms with Crippen molar-refractivity contribution < 1.29 is 14.3 Å². The van der Waals surface area contributed by atoms with Gasteiger partial charge in [-0.15, -0.1) is 0 Å². The van der Waals surface area contributed by atoms with Gasteiger partial charge in [-0.1, -0.05) is 46.3 Å². The van der Waals surface area contributed by atoms with Crippen LogP contribution >= 0.6 is 15.9 Å². The Bertz CT molecular complexity index is 810. The molecule has 0 bridgehead atoms. The third-order valence-electron chi connectivity index (χ3n) is 3.02. The molecular formula is C17H10BrNO3. The lowest BCUT2D eigenvalue weighted by Crippen LogP contribution is -2.06. The highest BCUT2D eigenvalue weighted by Crippen LogP contribution is 2.18. The number of ether oxygens (including phenoxy) is 1. The fraction of sp³-hybridized carbons (Fsp3) is 0. The molecule has 0 saturated heterocycles. The SMILES string of the molecule is O=C1OC(c2ccccc2)=N/C1=C/C(=O)c1cccc(Br)c1. The van der Waals surface area contributed by atoms with Crippen LogP contribution in [0.1, 0.15) is 15.9 Å². The van der Waals surface area contributed by atoms with Crippen LogP contribution in [0.25, 0.3) is 0 Å². The number of carbonyl (C=O) groups is 2. The molecule has 0 radical (unpaired) electrons. The number of hydrogen-bond donors (Lipinski definition) is 0. The monoisotopic (exact) mass is 355 g/mol. The maximum Gasteiger partial charge on any atom is 0.363 e. The molecule has 0 fully saturated rings. The Labute approximate surface area is 135 Å². The van der Waals surface area contributed by atoms with E-state index in [0.29, 0.717) is 11.1 Å². The van der Waals surface area contributed by atoms with E-state index in [2.05, 4.69) is 20.9 Å². The van der Waals surface area contributed by atoms with Gasteiger partial charge in [-0.25, -0.2) is 9.79 Å². The van der Waals surface area contributed by atoms with E-state index in [1.54, 1.807) is 30.3 Å². The molecule has 108 valence electrons. The molecule has 2 aromatic rings. The van der Waals surface area contributed by atoms with E-state index < -0.39 is 5.97 Å². The number of halogens is 1. The van der Waals surface area contributed by atoms with Gasteiger partial charge in [0, 0.05) is 21.7 Å². The lowest BCUT2D eigenvalue weighted by atomic mass is 10.1. The van der Waals surface area contributed by atoms with Gasteiger partial charge in [0.2, 0.25) is 5.90 Å². The highest BCUT2D eigenvalue weighted by Gasteiger charge is 2.25. The zero-order valence-corrected chi connectivity index (χ0v) is 12.9. The molecule has 1 aliphatic heterocycles. The number of allylic oxidation sites excluding steroid dienone is 1. The van der Waals surface area contributed by atoms with E-state index in [9.17, 15) is 9.59 Å². The molecule has 0 unspecified atom stereocenters. The van der Waals surface area contributed by atoms with Crippen molar-refractivity contribution in [2.45, 2.75) is 0 Å². The Hall–Kier alpha value is -2.53. The van der Waals surface area contributed by atoms with Crippen LogP contribution in [0.15, 0.2) is 75.8 Å². The van der Waals surface area contributed by atoms with Gasteiger partial charge in [-0.2, -0.15) is 0 Å². The first-order valence-corrected chi connectivity index (χ1v) is 7.31. The molecule has 1 heterocycles. The third kappa shape index (κ3) is 3.04. The van der Waals surface area contributed by atoms with Crippen LogP contribution in [0.2, 0.25) is 0 Å². The first-order valence-electron chi connectivity index (χ1n) is 6.51. The van der Waals surface area contributed by atoms with Crippen molar-refractivity contribution in [3.63, 3.8) is 0 Å². The number of hydrogen-bond acceptors (Lipinski definition) is 4. The average molecular weight is 356 g/mol. The minimum absolute atomic E-state index is 0.00354. The molecule has 0 spiro atoms. The van der Waals surface area contributed by atoms with E-state index in [4.69, 9.17) is 4.74 Å². The molecule has 22 heavy (non-hydrogen) atoms. The van der Waals surface area contributed by atoms with Crippen molar-refractivity contribution in [3.8, 4) is 0 Å². The Kier molecular flexibility index (Phi) is 3.98. The van der Waals surface area contributed by atoms with Gasteiger partial charge in [0.1, 0.15) is 0 Å². The highest BCUT2D eigenvalue weighted by atomic mass is 79.9. The van der Waals surface area contributed by atoms with Gasteiger partial charge in [-0.3, -0.25) is 4.79 Å². The fourth-order valence-electron chi connectivity index (χ4n) is 1.96. The molecular weight excluding hydrogens is 346 g/mol. The van der Waals surface area contributed by atoms with E-state index in [1.807, 2.05) is 24.3 Å². The van der Waals surface area contributed by atoms with Crippen LogP contribution < -0.4 is 0 Å². The van der Waals surface area contributed by atoms with Gasteiger partial charge in [0.25, 0.3) is 0 Å². The quantitative estimate of drug-likeness (QED) is 0.480. The molecule has 5 heteroatoms. The van der Waals surface area contributed by atoms with Crippen LogP contribution in [0.3, 0.4) is 0 Å². The van der Waals surface area contributed by atoms with E-state index >= 15 is 0 Å². The van der Waals surface area contributed by atoms with Crippen molar-refractivity contribution in [3.05, 3.63) is 82.0 Å². The lowest BCUT2D eigenvalue weighted by Gasteiger charge is -1.97. The Balaban J connectivity index is 1.89. The van der Waals surface area contributed by atoms with Crippen molar-refractivity contribution >= 4 is 33.6 Å². The zero-order valence-electron chi connectivity index (χ0n) is 11.3. The van der Waals surface area contributed by atoms with Crippen LogP contribution in [-0.2, 0) is 9.53 Å². The normalized spacial score (nSPS) is 15.6. The van der Waals surface area contributed by atoms with E-state index in [1.165, 1.54) is 6.08 Å². The largest absolute Gasteiger partial charge is 0.402 e. The second-order valence-electron chi connectivity index (χ2n) is 4.58. The van der Waals surface area contributed by atoms with Gasteiger partial charge in [0.05, 0.1) is 0 Å². The highest BCUT2D eigenvalue weighted by molar-refractivity contribution is 9.10. The summed E-state index contributed by atoms with van der Waals surface area (Å²) in [5, 5.41) is 0. The maximum absolute atomic E-state index is 12.2. The fourth-order valence-corrected chi connectivity index (χ4v) is 2.36. The molecule has 4 nitrogen and oxygen atoms in total. The zero-order chi connectivity index (χ0) is 15.5. The number of nitrogens with zero attached hydrogens (tertiary/aromatic N) is 1. The number of carbonyl (C=O) groups excluding carboxylic acids is 2. The Morgan fingerprint density at radius 2 is 1.86 bits per heavy atom. The minimum Gasteiger partial charge on any atom is -0.402 e. The summed E-state index contributed by atoms with van der Waals surface area (Å²) in [6, 6.07) is 16.0. The van der Waals surface area contributed by atoms with Gasteiger partial charge < -0.3 is 4.74 Å². The number of ketones is 1. The van der Waals surface area contributed by atoms with Crippen LogP contribution in [0.4, 0.5) is 0 Å². The summed E-state index contributed by atoms with van der Waals surface area (Å²) in [6.07, 6.45) is 1.19. The third-order valence-corrected chi connectivity index (χ3v) is 3.51. The van der Waals surface area contributed by atoms with Crippen molar-refractivity contribution in [1.29, 1.82) is 0 Å². The molecule has 0 saturated carbocycles. The van der Waals surface area contributed by atoms with Gasteiger partial charge in [-0.05, 0) is 24.3 Å². The molecule has 0 atom stereocenters. The summed E-state index contributed by atoms with van der Waals surface area (Å²) in [5.74, 6) is -0.715. The summed E-state index contributed by atoms with van der Waals surface area (Å²) in [6.45, 7) is 0. The van der Waals surface area contributed by atoms with Gasteiger partial charge in [0.15, 0.2) is 11.5 Å². The smallest absolute Gasteiger partial charge is 0.363 e. The molecule has 0 aromatic heterocycles. The van der Waals surface area contributed by atoms with Crippen molar-refractivity contribution in [1.82, 2.24) is 0 Å². The first-order chi connectivity index (χ1) is 10.6. The molecule has 0 aliphatic carbocycles. The minimum atomic E-state index is -0.623. The second kappa shape index (κ2) is 6.07. The van der Waals surface area contributed by atoms with E-state index in [0.717, 1.165) is 4.47 Å². The lowest BCUT2D eigenvalue weighted by molar-refractivity contribution is -0.130. The predicted molar refractivity (Wildman–Crippen MR) is 85.6 cm³/mol. The summed E-state index contributed by atoms with van der Waals surface area (Å²) in [7, 11) is 0. The first kappa shape index (κ1) is 14.4. The maximum atomic E-state index is 12.2. The van der Waals surface area contributed by atoms with Crippen LogP contribution in [-0.4, -0.2) is 17.7 Å². The average Bonchev–Trinajstić information content (AvgIpc) is 2.89. The number of esters is 1. The number of rotatable bonds is 3. The summed E-state index contributed by atoms with van der Waals surface area (Å²) in [4.78, 5) is 28.1. The Morgan fingerprint density at radius 1 is 1.09 bits per heavy atom. The molecule has 2 aromatic carbocycles. The van der Waals surface area contributed by atoms with E-state index in [-0.39, 0.29) is 17.4 Å². The topological polar surface area (TPSA) is 55.7 Å². The standard InChI is InChI=1S/C17H10BrNO3/c18-13-8-4-7-12(9-13)15(20)10-14-17(21)22-16(19-14)11-5-2-1-3-6-11/h1-10H/b14-10+. The molecule has 0 N–H and O–H groups in total. The Morgan fingerprint density at radius 3 is 2.59 bits per heavy atom. The van der Waals surface area contributed by atoms with Crippen LogP contribution in [0.5, 0.6) is 0 Å². The van der Waals surface area contributed by atoms with Crippen molar-refractivity contribution in [2.75, 3.05) is 0 Å². The summed E-state index contributed by atoms with van der Waals surface area (Å²) in [5.41, 5.74) is 1.16. The number of cyclic esters (lactones) is 1. The predicted octanol–water partition coefficient (Wildman–Crippen LogP) is 3.52. The molecule has 1 aliphatic rings. The second-order valence-corrected chi connectivity index (χ2v) is 5.49. The molecule has 3 rings (SSSR count). The number of benzene rings is 2. The summed E-state index contributed by atoms with van der Waals surface area (Å²) < 4.78 is 5.89. The van der Waals surface area contributed by atoms with Gasteiger partial charge >= 0.3 is 5.97 Å². The number of aliphatic imine (C=N–C) groups is 1. The summed E-state index contributed by atoms with van der Waals surface area (Å²) >= 11 is 3.30.